The van der Waals surface area contributed by atoms with Crippen LogP contribution in [-0.4, -0.2) is 9.78 Å². The molecule has 0 amide bonds. The normalized spacial score (nSPS) is 14.2. The van der Waals surface area contributed by atoms with Gasteiger partial charge in [-0.3, -0.25) is 4.68 Å². The molecule has 4 heteroatoms. The van der Waals surface area contributed by atoms with E-state index in [1.807, 2.05) is 0 Å². The Labute approximate surface area is 135 Å². The van der Waals surface area contributed by atoms with Crippen LogP contribution < -0.4 is 5.73 Å². The first-order valence-corrected chi connectivity index (χ1v) is 8.29. The summed E-state index contributed by atoms with van der Waals surface area (Å²) in [4.78, 5) is 0. The second-order valence-electron chi connectivity index (χ2n) is 5.79. The Morgan fingerprint density at radius 3 is 2.52 bits per heavy atom. The minimum absolute atomic E-state index is 0.411. The van der Waals surface area contributed by atoms with Crippen molar-refractivity contribution in [3.8, 4) is 0 Å². The van der Waals surface area contributed by atoms with Gasteiger partial charge in [-0.15, -0.1) is 0 Å². The molecule has 0 bridgehead atoms. The molecule has 1 atom stereocenters. The fourth-order valence-electron chi connectivity index (χ4n) is 2.84. The first-order valence-electron chi connectivity index (χ1n) is 7.49. The molecule has 0 aliphatic rings. The van der Waals surface area contributed by atoms with E-state index in [9.17, 15) is 0 Å². The predicted octanol–water partition coefficient (Wildman–Crippen LogP) is 3.95. The van der Waals surface area contributed by atoms with Crippen LogP contribution in [0.2, 0.25) is 0 Å². The maximum Gasteiger partial charge on any atom is 0.0766 e. The van der Waals surface area contributed by atoms with Gasteiger partial charge in [-0.05, 0) is 54.2 Å². The molecule has 0 saturated carbocycles. The van der Waals surface area contributed by atoms with E-state index in [1.165, 1.54) is 16.8 Å². The smallest absolute Gasteiger partial charge is 0.0766 e. The van der Waals surface area contributed by atoms with Crippen LogP contribution in [0.3, 0.4) is 0 Å². The maximum absolute atomic E-state index is 6.65. The number of hydrogen-bond acceptors (Lipinski definition) is 2. The van der Waals surface area contributed by atoms with Crippen molar-refractivity contribution < 1.29 is 0 Å². The van der Waals surface area contributed by atoms with Gasteiger partial charge in [0.2, 0.25) is 0 Å². The number of aromatic nitrogens is 2. The van der Waals surface area contributed by atoms with E-state index in [0.717, 1.165) is 29.6 Å². The molecular weight excluding hydrogens is 326 g/mol. The Hall–Kier alpha value is -1.13. The molecule has 1 heterocycles. The molecule has 0 aliphatic carbocycles. The molecule has 114 valence electrons. The topological polar surface area (TPSA) is 43.8 Å². The summed E-state index contributed by atoms with van der Waals surface area (Å²) in [5.74, 6) is 0. The van der Waals surface area contributed by atoms with Gasteiger partial charge in [-0.25, -0.2) is 0 Å². The fraction of sp³-hybridized carbons (Fsp3) is 0.471. The number of nitrogens with zero attached hydrogens (tertiary/aromatic N) is 2. The van der Waals surface area contributed by atoms with Crippen LogP contribution >= 0.6 is 15.9 Å². The average molecular weight is 350 g/mol. The van der Waals surface area contributed by atoms with Gasteiger partial charge >= 0.3 is 0 Å². The minimum atomic E-state index is -0.411. The zero-order valence-corrected chi connectivity index (χ0v) is 14.9. The van der Waals surface area contributed by atoms with E-state index < -0.39 is 5.54 Å². The van der Waals surface area contributed by atoms with Gasteiger partial charge in [0.1, 0.15) is 0 Å². The van der Waals surface area contributed by atoms with Gasteiger partial charge in [0.25, 0.3) is 0 Å². The zero-order valence-electron chi connectivity index (χ0n) is 13.3. The minimum Gasteiger partial charge on any atom is -0.321 e. The lowest BCUT2D eigenvalue weighted by molar-refractivity contribution is 0.460. The van der Waals surface area contributed by atoms with Crippen LogP contribution in [0.4, 0.5) is 0 Å². The third-order valence-electron chi connectivity index (χ3n) is 3.99. The summed E-state index contributed by atoms with van der Waals surface area (Å²) in [6.07, 6.45) is 1.69. The third-order valence-corrected chi connectivity index (χ3v) is 4.90. The molecule has 2 N–H and O–H groups in total. The van der Waals surface area contributed by atoms with Gasteiger partial charge < -0.3 is 5.73 Å². The maximum atomic E-state index is 6.65. The first-order chi connectivity index (χ1) is 9.90. The Kier molecular flexibility index (Phi) is 4.89. The van der Waals surface area contributed by atoms with Crippen molar-refractivity contribution >= 4 is 15.9 Å². The summed E-state index contributed by atoms with van der Waals surface area (Å²) in [6.45, 7) is 9.31. The van der Waals surface area contributed by atoms with Crippen molar-refractivity contribution in [3.05, 3.63) is 51.3 Å². The van der Waals surface area contributed by atoms with Crippen molar-refractivity contribution in [2.24, 2.45) is 5.73 Å². The molecule has 0 aliphatic heterocycles. The summed E-state index contributed by atoms with van der Waals surface area (Å²) in [5.41, 5.74) is 11.0. The fourth-order valence-corrected chi connectivity index (χ4v) is 3.55. The van der Waals surface area contributed by atoms with Crippen LogP contribution in [0, 0.1) is 6.92 Å². The van der Waals surface area contributed by atoms with Gasteiger partial charge in [0, 0.05) is 18.5 Å². The van der Waals surface area contributed by atoms with Gasteiger partial charge in [0.05, 0.1) is 15.9 Å². The Bertz CT molecular complexity index is 629. The highest BCUT2D eigenvalue weighted by molar-refractivity contribution is 9.10. The van der Waals surface area contributed by atoms with Gasteiger partial charge in [0.15, 0.2) is 0 Å². The van der Waals surface area contributed by atoms with E-state index in [0.29, 0.717) is 0 Å². The monoisotopic (exact) mass is 349 g/mol. The molecule has 1 unspecified atom stereocenters. The Balaban J connectivity index is 2.41. The van der Waals surface area contributed by atoms with Gasteiger partial charge in [-0.1, -0.05) is 31.2 Å². The lowest BCUT2D eigenvalue weighted by atomic mass is 9.85. The van der Waals surface area contributed by atoms with Crippen molar-refractivity contribution in [3.63, 3.8) is 0 Å². The standard InChI is InChI=1S/C17H24BrN3/c1-5-14-16(18)15(21(6-2)20-14)11-17(4,19)13-10-8-7-9-12(13)3/h7-10H,5-6,11,19H2,1-4H3. The molecule has 2 aromatic rings. The van der Waals surface area contributed by atoms with E-state index >= 15 is 0 Å². The summed E-state index contributed by atoms with van der Waals surface area (Å²) in [6, 6.07) is 8.34. The predicted molar refractivity (Wildman–Crippen MR) is 91.4 cm³/mol. The molecule has 3 nitrogen and oxygen atoms in total. The Morgan fingerprint density at radius 2 is 1.95 bits per heavy atom. The van der Waals surface area contributed by atoms with Crippen LogP contribution in [0.5, 0.6) is 0 Å². The van der Waals surface area contributed by atoms with E-state index in [2.05, 4.69) is 77.7 Å². The number of aryl methyl sites for hydroxylation is 3. The zero-order chi connectivity index (χ0) is 15.6. The Morgan fingerprint density at radius 1 is 1.29 bits per heavy atom. The molecule has 1 aromatic carbocycles. The van der Waals surface area contributed by atoms with Crippen molar-refractivity contribution in [1.82, 2.24) is 9.78 Å². The number of nitrogens with two attached hydrogens (primary N) is 1. The first kappa shape index (κ1) is 16.2. The van der Waals surface area contributed by atoms with E-state index in [1.54, 1.807) is 0 Å². The van der Waals surface area contributed by atoms with Crippen molar-refractivity contribution in [2.45, 2.75) is 52.6 Å². The quantitative estimate of drug-likeness (QED) is 0.887. The van der Waals surface area contributed by atoms with Gasteiger partial charge in [-0.2, -0.15) is 5.10 Å². The summed E-state index contributed by atoms with van der Waals surface area (Å²) in [5, 5.41) is 4.66. The summed E-state index contributed by atoms with van der Waals surface area (Å²) >= 11 is 3.71. The van der Waals surface area contributed by atoms with Crippen LogP contribution in [0.25, 0.3) is 0 Å². The molecule has 0 spiro atoms. The van der Waals surface area contributed by atoms with Crippen LogP contribution in [0.1, 0.15) is 43.3 Å². The number of benzene rings is 1. The van der Waals surface area contributed by atoms with Crippen LogP contribution in [-0.2, 0) is 24.9 Å². The molecule has 2 rings (SSSR count). The molecule has 21 heavy (non-hydrogen) atoms. The highest BCUT2D eigenvalue weighted by Gasteiger charge is 2.27. The average Bonchev–Trinajstić information content (AvgIpc) is 2.75. The van der Waals surface area contributed by atoms with E-state index in [-0.39, 0.29) is 0 Å². The molecular formula is C17H24BrN3. The second kappa shape index (κ2) is 6.32. The third kappa shape index (κ3) is 3.22. The number of halogens is 1. The van der Waals surface area contributed by atoms with Crippen molar-refractivity contribution in [1.29, 1.82) is 0 Å². The highest BCUT2D eigenvalue weighted by atomic mass is 79.9. The molecule has 0 radical (unpaired) electrons. The second-order valence-corrected chi connectivity index (χ2v) is 6.58. The SMILES string of the molecule is CCc1nn(CC)c(CC(C)(N)c2ccccc2C)c1Br. The summed E-state index contributed by atoms with van der Waals surface area (Å²) < 4.78 is 3.17. The highest BCUT2D eigenvalue weighted by Crippen LogP contribution is 2.30. The molecule has 1 aromatic heterocycles. The van der Waals surface area contributed by atoms with Crippen LogP contribution in [0.15, 0.2) is 28.7 Å². The lowest BCUT2D eigenvalue weighted by Gasteiger charge is -2.27. The largest absolute Gasteiger partial charge is 0.321 e. The molecule has 0 saturated heterocycles. The summed E-state index contributed by atoms with van der Waals surface area (Å²) in [7, 11) is 0. The number of rotatable bonds is 5. The van der Waals surface area contributed by atoms with E-state index in [4.69, 9.17) is 5.73 Å². The lowest BCUT2D eigenvalue weighted by Crippen LogP contribution is -2.37. The number of hydrogen-bond donors (Lipinski definition) is 1. The molecule has 0 fully saturated rings. The van der Waals surface area contributed by atoms with Crippen molar-refractivity contribution in [2.75, 3.05) is 0 Å².